The SMILES string of the molecule is Cc1ccc(C2C3CCC(O3)C2C(=O)Nc2ccc(Cl)c(Cl)c2)cc1. The molecule has 0 aliphatic carbocycles. The van der Waals surface area contributed by atoms with Crippen LogP contribution >= 0.6 is 23.2 Å². The molecule has 2 aromatic carbocycles. The number of amides is 1. The summed E-state index contributed by atoms with van der Waals surface area (Å²) in [4.78, 5) is 13.0. The van der Waals surface area contributed by atoms with E-state index in [9.17, 15) is 4.79 Å². The Bertz CT molecular complexity index is 806. The predicted octanol–water partition coefficient (Wildman–Crippen LogP) is 5.20. The van der Waals surface area contributed by atoms with Gasteiger partial charge in [-0.25, -0.2) is 0 Å². The molecule has 2 bridgehead atoms. The lowest BCUT2D eigenvalue weighted by Gasteiger charge is -2.27. The van der Waals surface area contributed by atoms with E-state index < -0.39 is 0 Å². The molecule has 4 rings (SSSR count). The normalized spacial score (nSPS) is 27.5. The van der Waals surface area contributed by atoms with E-state index in [2.05, 4.69) is 36.5 Å². The summed E-state index contributed by atoms with van der Waals surface area (Å²) >= 11 is 12.0. The third kappa shape index (κ3) is 3.17. The van der Waals surface area contributed by atoms with Crippen molar-refractivity contribution in [1.29, 1.82) is 0 Å². The van der Waals surface area contributed by atoms with Crippen LogP contribution in [0, 0.1) is 12.8 Å². The van der Waals surface area contributed by atoms with Crippen LogP contribution in [0.1, 0.15) is 29.9 Å². The van der Waals surface area contributed by atoms with Crippen molar-refractivity contribution in [2.24, 2.45) is 5.92 Å². The summed E-state index contributed by atoms with van der Waals surface area (Å²) in [7, 11) is 0. The molecule has 0 saturated carbocycles. The van der Waals surface area contributed by atoms with Crippen molar-refractivity contribution in [2.45, 2.75) is 37.9 Å². The topological polar surface area (TPSA) is 38.3 Å². The number of halogens is 2. The van der Waals surface area contributed by atoms with Gasteiger partial charge in [-0.2, -0.15) is 0 Å². The Labute approximate surface area is 157 Å². The highest BCUT2D eigenvalue weighted by molar-refractivity contribution is 6.42. The fourth-order valence-corrected chi connectivity index (χ4v) is 4.32. The van der Waals surface area contributed by atoms with E-state index in [0.717, 1.165) is 12.8 Å². The number of rotatable bonds is 3. The van der Waals surface area contributed by atoms with Crippen LogP contribution in [-0.4, -0.2) is 18.1 Å². The van der Waals surface area contributed by atoms with Gasteiger partial charge in [-0.3, -0.25) is 4.79 Å². The maximum Gasteiger partial charge on any atom is 0.230 e. The third-order valence-corrected chi connectivity index (χ3v) is 5.96. The molecule has 2 saturated heterocycles. The number of nitrogens with one attached hydrogen (secondary N) is 1. The number of hydrogen-bond acceptors (Lipinski definition) is 2. The van der Waals surface area contributed by atoms with E-state index in [0.29, 0.717) is 15.7 Å². The van der Waals surface area contributed by atoms with Gasteiger partial charge in [0.05, 0.1) is 28.2 Å². The van der Waals surface area contributed by atoms with Crippen molar-refractivity contribution in [3.05, 3.63) is 63.6 Å². The lowest BCUT2D eigenvalue weighted by molar-refractivity contribution is -0.121. The number of aryl methyl sites for hydroxylation is 1. The summed E-state index contributed by atoms with van der Waals surface area (Å²) in [5.41, 5.74) is 3.04. The van der Waals surface area contributed by atoms with Gasteiger partial charge in [0.1, 0.15) is 0 Å². The minimum atomic E-state index is -0.184. The van der Waals surface area contributed by atoms with Crippen molar-refractivity contribution in [1.82, 2.24) is 0 Å². The molecule has 2 heterocycles. The highest BCUT2D eigenvalue weighted by Gasteiger charge is 2.52. The molecular weight excluding hydrogens is 357 g/mol. The molecule has 0 spiro atoms. The van der Waals surface area contributed by atoms with Gasteiger partial charge in [-0.15, -0.1) is 0 Å². The summed E-state index contributed by atoms with van der Waals surface area (Å²) in [6, 6.07) is 13.5. The van der Waals surface area contributed by atoms with Crippen LogP contribution in [0.2, 0.25) is 10.0 Å². The minimum absolute atomic E-state index is 0.0147. The first-order chi connectivity index (χ1) is 12.0. The van der Waals surface area contributed by atoms with Gasteiger partial charge in [0, 0.05) is 11.6 Å². The smallest absolute Gasteiger partial charge is 0.230 e. The molecule has 0 radical (unpaired) electrons. The standard InChI is InChI=1S/C20H19Cl2NO2/c1-11-2-4-12(5-3-11)18-16-8-9-17(25-16)19(18)20(24)23-13-6-7-14(21)15(22)10-13/h2-7,10,16-19H,8-9H2,1H3,(H,23,24). The predicted molar refractivity (Wildman–Crippen MR) is 100 cm³/mol. The fourth-order valence-electron chi connectivity index (χ4n) is 4.02. The molecule has 2 aliphatic heterocycles. The highest BCUT2D eigenvalue weighted by Crippen LogP contribution is 2.49. The summed E-state index contributed by atoms with van der Waals surface area (Å²) < 4.78 is 6.08. The average Bonchev–Trinajstić information content (AvgIpc) is 3.20. The van der Waals surface area contributed by atoms with E-state index in [4.69, 9.17) is 27.9 Å². The van der Waals surface area contributed by atoms with Gasteiger partial charge in [0.25, 0.3) is 0 Å². The quantitative estimate of drug-likeness (QED) is 0.800. The third-order valence-electron chi connectivity index (χ3n) is 5.23. The van der Waals surface area contributed by atoms with Crippen molar-refractivity contribution in [3.8, 4) is 0 Å². The lowest BCUT2D eigenvalue weighted by atomic mass is 9.75. The summed E-state index contributed by atoms with van der Waals surface area (Å²) in [6.45, 7) is 2.07. The zero-order valence-electron chi connectivity index (χ0n) is 13.8. The lowest BCUT2D eigenvalue weighted by Crippen LogP contribution is -2.36. The van der Waals surface area contributed by atoms with Gasteiger partial charge < -0.3 is 10.1 Å². The van der Waals surface area contributed by atoms with Crippen LogP contribution in [0.4, 0.5) is 5.69 Å². The number of ether oxygens (including phenoxy) is 1. The van der Waals surface area contributed by atoms with Crippen LogP contribution in [0.15, 0.2) is 42.5 Å². The van der Waals surface area contributed by atoms with Crippen LogP contribution < -0.4 is 5.32 Å². The van der Waals surface area contributed by atoms with Crippen molar-refractivity contribution in [2.75, 3.05) is 5.32 Å². The maximum absolute atomic E-state index is 13.0. The van der Waals surface area contributed by atoms with Crippen LogP contribution in [0.25, 0.3) is 0 Å². The van der Waals surface area contributed by atoms with Gasteiger partial charge in [-0.1, -0.05) is 53.0 Å². The first-order valence-corrected chi connectivity index (χ1v) is 9.26. The molecule has 0 aromatic heterocycles. The van der Waals surface area contributed by atoms with E-state index >= 15 is 0 Å². The number of hydrogen-bond donors (Lipinski definition) is 1. The molecule has 130 valence electrons. The van der Waals surface area contributed by atoms with Gasteiger partial charge in [0.2, 0.25) is 5.91 Å². The average molecular weight is 376 g/mol. The Kier molecular flexibility index (Phi) is 4.48. The molecule has 4 atom stereocenters. The maximum atomic E-state index is 13.0. The Morgan fingerprint density at radius 1 is 1.04 bits per heavy atom. The second-order valence-corrected chi connectivity index (χ2v) is 7.69. The fraction of sp³-hybridized carbons (Fsp3) is 0.350. The van der Waals surface area contributed by atoms with Crippen LogP contribution in [0.3, 0.4) is 0 Å². The minimum Gasteiger partial charge on any atom is -0.373 e. The molecule has 4 unspecified atom stereocenters. The van der Waals surface area contributed by atoms with Gasteiger partial charge in [0.15, 0.2) is 0 Å². The Morgan fingerprint density at radius 3 is 2.48 bits per heavy atom. The number of fused-ring (bicyclic) bond motifs is 2. The first kappa shape index (κ1) is 16.9. The highest BCUT2D eigenvalue weighted by atomic mass is 35.5. The Balaban J connectivity index is 1.59. The second-order valence-electron chi connectivity index (χ2n) is 6.87. The summed E-state index contributed by atoms with van der Waals surface area (Å²) in [6.07, 6.45) is 2.06. The Hall–Kier alpha value is -1.55. The van der Waals surface area contributed by atoms with Crippen molar-refractivity contribution >= 4 is 34.8 Å². The first-order valence-electron chi connectivity index (χ1n) is 8.51. The molecular formula is C20H19Cl2NO2. The zero-order valence-corrected chi connectivity index (χ0v) is 15.3. The van der Waals surface area contributed by atoms with E-state index in [1.54, 1.807) is 18.2 Å². The number of benzene rings is 2. The molecule has 2 aromatic rings. The molecule has 3 nitrogen and oxygen atoms in total. The molecule has 25 heavy (non-hydrogen) atoms. The van der Waals surface area contributed by atoms with E-state index in [1.165, 1.54) is 11.1 Å². The van der Waals surface area contributed by atoms with Gasteiger partial charge >= 0.3 is 0 Å². The van der Waals surface area contributed by atoms with Crippen molar-refractivity contribution < 1.29 is 9.53 Å². The van der Waals surface area contributed by atoms with Crippen molar-refractivity contribution in [3.63, 3.8) is 0 Å². The molecule has 2 aliphatic rings. The van der Waals surface area contributed by atoms with Gasteiger partial charge in [-0.05, 0) is 43.5 Å². The van der Waals surface area contributed by atoms with E-state index in [1.807, 2.05) is 0 Å². The summed E-state index contributed by atoms with van der Waals surface area (Å²) in [5.74, 6) is -0.103. The molecule has 2 fully saturated rings. The summed E-state index contributed by atoms with van der Waals surface area (Å²) in [5, 5.41) is 3.89. The number of carbonyl (C=O) groups excluding carboxylic acids is 1. The molecule has 1 N–H and O–H groups in total. The van der Waals surface area contributed by atoms with Crippen LogP contribution in [-0.2, 0) is 9.53 Å². The largest absolute Gasteiger partial charge is 0.373 e. The Morgan fingerprint density at radius 2 is 1.76 bits per heavy atom. The van der Waals surface area contributed by atoms with Crippen LogP contribution in [0.5, 0.6) is 0 Å². The second kappa shape index (κ2) is 6.64. The van der Waals surface area contributed by atoms with E-state index in [-0.39, 0.29) is 30.0 Å². The molecule has 5 heteroatoms. The number of anilines is 1. The molecule has 1 amide bonds. The monoisotopic (exact) mass is 375 g/mol. The zero-order chi connectivity index (χ0) is 17.6. The number of carbonyl (C=O) groups is 1.